The Balaban J connectivity index is 2.04. The molecule has 0 radical (unpaired) electrons. The van der Waals surface area contributed by atoms with Crippen molar-refractivity contribution in [1.29, 1.82) is 0 Å². The highest BCUT2D eigenvalue weighted by molar-refractivity contribution is 9.11. The van der Waals surface area contributed by atoms with E-state index in [1.165, 1.54) is 0 Å². The van der Waals surface area contributed by atoms with Gasteiger partial charge in [0.25, 0.3) is 5.91 Å². The van der Waals surface area contributed by atoms with Gasteiger partial charge in [0.2, 0.25) is 0 Å². The Bertz CT molecular complexity index is 551. The Labute approximate surface area is 140 Å². The third-order valence-electron chi connectivity index (χ3n) is 3.40. The summed E-state index contributed by atoms with van der Waals surface area (Å²) in [4.78, 5) is 27.0. The number of carbonyl (C=O) groups excluding carboxylic acids is 1. The molecular formula is C14H16Br2N2O3. The molecule has 0 saturated carbocycles. The molecule has 0 atom stereocenters. The SMILES string of the molecule is O=C(O)CN1CCCN(C(=O)c2ccc(Br)cc2Br)CC1. The van der Waals surface area contributed by atoms with Crippen LogP contribution >= 0.6 is 31.9 Å². The number of halogens is 2. The van der Waals surface area contributed by atoms with E-state index in [1.807, 2.05) is 17.0 Å². The van der Waals surface area contributed by atoms with Crippen LogP contribution in [0.1, 0.15) is 16.8 Å². The molecule has 1 aromatic rings. The smallest absolute Gasteiger partial charge is 0.317 e. The number of amides is 1. The lowest BCUT2D eigenvalue weighted by Crippen LogP contribution is -2.36. The van der Waals surface area contributed by atoms with Crippen LogP contribution in [0.3, 0.4) is 0 Å². The Kier molecular flexibility index (Phi) is 5.78. The van der Waals surface area contributed by atoms with E-state index in [0.717, 1.165) is 15.4 Å². The highest BCUT2D eigenvalue weighted by atomic mass is 79.9. The van der Waals surface area contributed by atoms with Gasteiger partial charge in [-0.3, -0.25) is 14.5 Å². The lowest BCUT2D eigenvalue weighted by molar-refractivity contribution is -0.138. The van der Waals surface area contributed by atoms with Crippen molar-refractivity contribution < 1.29 is 14.7 Å². The van der Waals surface area contributed by atoms with Crippen LogP contribution in [0.15, 0.2) is 27.1 Å². The number of carbonyl (C=O) groups is 2. The molecule has 1 amide bonds. The molecule has 0 aliphatic carbocycles. The number of carboxylic acid groups (broad SMARTS) is 1. The highest BCUT2D eigenvalue weighted by Crippen LogP contribution is 2.23. The van der Waals surface area contributed by atoms with Gasteiger partial charge in [-0.2, -0.15) is 0 Å². The number of carboxylic acids is 1. The van der Waals surface area contributed by atoms with E-state index in [2.05, 4.69) is 31.9 Å². The molecule has 1 heterocycles. The third-order valence-corrected chi connectivity index (χ3v) is 4.55. The van der Waals surface area contributed by atoms with E-state index >= 15 is 0 Å². The van der Waals surface area contributed by atoms with Gasteiger partial charge in [0, 0.05) is 35.1 Å². The van der Waals surface area contributed by atoms with Gasteiger partial charge >= 0.3 is 5.97 Å². The average molecular weight is 420 g/mol. The van der Waals surface area contributed by atoms with Gasteiger partial charge < -0.3 is 10.0 Å². The first-order valence-corrected chi connectivity index (χ1v) is 8.24. The van der Waals surface area contributed by atoms with Crippen molar-refractivity contribution in [3.8, 4) is 0 Å². The molecule has 0 aromatic heterocycles. The zero-order chi connectivity index (χ0) is 15.4. The first-order valence-electron chi connectivity index (χ1n) is 6.66. The number of hydrogen-bond acceptors (Lipinski definition) is 3. The molecule has 1 aliphatic rings. The molecule has 114 valence electrons. The van der Waals surface area contributed by atoms with E-state index in [4.69, 9.17) is 5.11 Å². The highest BCUT2D eigenvalue weighted by Gasteiger charge is 2.22. The lowest BCUT2D eigenvalue weighted by atomic mass is 10.2. The molecule has 1 fully saturated rings. The topological polar surface area (TPSA) is 60.9 Å². The van der Waals surface area contributed by atoms with Crippen molar-refractivity contribution in [2.75, 3.05) is 32.7 Å². The number of nitrogens with zero attached hydrogens (tertiary/aromatic N) is 2. The molecule has 2 rings (SSSR count). The second-order valence-corrected chi connectivity index (χ2v) is 6.71. The summed E-state index contributed by atoms with van der Waals surface area (Å²) in [6, 6.07) is 5.48. The van der Waals surface area contributed by atoms with Crippen LogP contribution in [0.5, 0.6) is 0 Å². The first kappa shape index (κ1) is 16.5. The fourth-order valence-corrected chi connectivity index (χ4v) is 3.57. The van der Waals surface area contributed by atoms with Crippen molar-refractivity contribution in [3.05, 3.63) is 32.7 Å². The number of benzene rings is 1. The second kappa shape index (κ2) is 7.38. The summed E-state index contributed by atoms with van der Waals surface area (Å²) < 4.78 is 1.67. The normalized spacial score (nSPS) is 16.6. The van der Waals surface area contributed by atoms with Gasteiger partial charge in [-0.15, -0.1) is 0 Å². The predicted molar refractivity (Wildman–Crippen MR) is 86.4 cm³/mol. The summed E-state index contributed by atoms with van der Waals surface area (Å²) in [5, 5.41) is 8.84. The fourth-order valence-electron chi connectivity index (χ4n) is 2.36. The average Bonchev–Trinajstić information content (AvgIpc) is 2.63. The molecule has 5 nitrogen and oxygen atoms in total. The molecule has 0 spiro atoms. The third kappa shape index (κ3) is 4.52. The minimum atomic E-state index is -0.828. The molecular weight excluding hydrogens is 404 g/mol. The van der Waals surface area contributed by atoms with E-state index < -0.39 is 5.97 Å². The maximum Gasteiger partial charge on any atom is 0.317 e. The van der Waals surface area contributed by atoms with E-state index in [1.54, 1.807) is 11.0 Å². The monoisotopic (exact) mass is 418 g/mol. The van der Waals surface area contributed by atoms with Gasteiger partial charge in [-0.05, 0) is 40.5 Å². The van der Waals surface area contributed by atoms with Crippen molar-refractivity contribution in [1.82, 2.24) is 9.80 Å². The Morgan fingerprint density at radius 3 is 2.57 bits per heavy atom. The minimum Gasteiger partial charge on any atom is -0.480 e. The van der Waals surface area contributed by atoms with Gasteiger partial charge in [0.15, 0.2) is 0 Å². The minimum absolute atomic E-state index is 0.0217. The Morgan fingerprint density at radius 2 is 1.90 bits per heavy atom. The summed E-state index contributed by atoms with van der Waals surface area (Å²) in [5.41, 5.74) is 0.630. The van der Waals surface area contributed by atoms with Gasteiger partial charge in [0.1, 0.15) is 0 Å². The summed E-state index contributed by atoms with van der Waals surface area (Å²) in [5.74, 6) is -0.850. The molecule has 1 aliphatic heterocycles. The van der Waals surface area contributed by atoms with Gasteiger partial charge in [-0.25, -0.2) is 0 Å². The summed E-state index contributed by atoms with van der Waals surface area (Å²) >= 11 is 6.78. The van der Waals surface area contributed by atoms with Crippen LogP contribution in [-0.2, 0) is 4.79 Å². The van der Waals surface area contributed by atoms with E-state index in [-0.39, 0.29) is 12.5 Å². The van der Waals surface area contributed by atoms with Gasteiger partial charge in [0.05, 0.1) is 12.1 Å². The molecule has 21 heavy (non-hydrogen) atoms. The lowest BCUT2D eigenvalue weighted by Gasteiger charge is -2.21. The number of aliphatic carboxylic acids is 1. The number of rotatable bonds is 3. The van der Waals surface area contributed by atoms with Crippen LogP contribution in [0, 0.1) is 0 Å². The summed E-state index contributed by atoms with van der Waals surface area (Å²) in [6.45, 7) is 2.53. The summed E-state index contributed by atoms with van der Waals surface area (Å²) in [7, 11) is 0. The van der Waals surface area contributed by atoms with E-state index in [9.17, 15) is 9.59 Å². The Hall–Kier alpha value is -0.920. The molecule has 7 heteroatoms. The number of hydrogen-bond donors (Lipinski definition) is 1. The zero-order valence-corrected chi connectivity index (χ0v) is 14.6. The largest absolute Gasteiger partial charge is 0.480 e. The maximum atomic E-state index is 12.6. The molecule has 1 saturated heterocycles. The van der Waals surface area contributed by atoms with Crippen LogP contribution < -0.4 is 0 Å². The second-order valence-electron chi connectivity index (χ2n) is 4.94. The van der Waals surface area contributed by atoms with Gasteiger partial charge in [-0.1, -0.05) is 15.9 Å². The molecule has 1 aromatic carbocycles. The molecule has 0 bridgehead atoms. The Morgan fingerprint density at radius 1 is 1.14 bits per heavy atom. The predicted octanol–water partition coefficient (Wildman–Crippen LogP) is 2.44. The van der Waals surface area contributed by atoms with Crippen LogP contribution in [0.2, 0.25) is 0 Å². The molecule has 0 unspecified atom stereocenters. The van der Waals surface area contributed by atoms with Crippen molar-refractivity contribution in [3.63, 3.8) is 0 Å². The van der Waals surface area contributed by atoms with Crippen LogP contribution in [0.25, 0.3) is 0 Å². The fraction of sp³-hybridized carbons (Fsp3) is 0.429. The first-order chi connectivity index (χ1) is 9.97. The maximum absolute atomic E-state index is 12.6. The van der Waals surface area contributed by atoms with Crippen LogP contribution in [-0.4, -0.2) is 59.5 Å². The zero-order valence-electron chi connectivity index (χ0n) is 11.4. The van der Waals surface area contributed by atoms with Crippen LogP contribution in [0.4, 0.5) is 0 Å². The standard InChI is InChI=1S/C14H16Br2N2O3/c15-10-2-3-11(12(16)8-10)14(21)18-5-1-4-17(6-7-18)9-13(19)20/h2-3,8H,1,4-7,9H2,(H,19,20). The van der Waals surface area contributed by atoms with Crippen molar-refractivity contribution in [2.24, 2.45) is 0 Å². The molecule has 1 N–H and O–H groups in total. The van der Waals surface area contributed by atoms with Crippen molar-refractivity contribution >= 4 is 43.7 Å². The van der Waals surface area contributed by atoms with E-state index in [0.29, 0.717) is 31.7 Å². The van der Waals surface area contributed by atoms with Crippen molar-refractivity contribution in [2.45, 2.75) is 6.42 Å². The summed E-state index contributed by atoms with van der Waals surface area (Å²) in [6.07, 6.45) is 0.785. The quantitative estimate of drug-likeness (QED) is 0.817.